The Morgan fingerprint density at radius 2 is 1.71 bits per heavy atom. The number of hydrogen-bond acceptors (Lipinski definition) is 0. The molecule has 0 heterocycles. The lowest BCUT2D eigenvalue weighted by atomic mass is 10.1. The first-order chi connectivity index (χ1) is 6.21. The second-order valence-corrected chi connectivity index (χ2v) is 9.80. The van der Waals surface area contributed by atoms with Crippen molar-refractivity contribution in [3.63, 3.8) is 0 Å². The smallest absolute Gasteiger partial charge is 0.202 e. The summed E-state index contributed by atoms with van der Waals surface area (Å²) in [7, 11) is -1.48. The number of alkyl halides is 2. The third kappa shape index (κ3) is 2.64. The van der Waals surface area contributed by atoms with E-state index in [9.17, 15) is 8.78 Å². The largest absolute Gasteiger partial charge is 0.270 e. The van der Waals surface area contributed by atoms with Crippen molar-refractivity contribution in [1.82, 2.24) is 0 Å². The van der Waals surface area contributed by atoms with Gasteiger partial charge in [0.05, 0.1) is 8.07 Å². The van der Waals surface area contributed by atoms with Gasteiger partial charge in [-0.1, -0.05) is 49.1 Å². The van der Waals surface area contributed by atoms with E-state index in [0.29, 0.717) is 0 Å². The maximum atomic E-state index is 13.0. The molecule has 0 N–H and O–H groups in total. The van der Waals surface area contributed by atoms with Gasteiger partial charge in [0, 0.05) is 12.5 Å². The van der Waals surface area contributed by atoms with Crippen LogP contribution in [-0.2, 0) is 5.92 Å². The van der Waals surface area contributed by atoms with E-state index in [1.807, 2.05) is 6.07 Å². The van der Waals surface area contributed by atoms with Crippen LogP contribution in [0, 0.1) is 0 Å². The normalized spacial score (nSPS) is 13.0. The van der Waals surface area contributed by atoms with E-state index < -0.39 is 14.0 Å². The first-order valence-corrected chi connectivity index (χ1v) is 8.20. The summed E-state index contributed by atoms with van der Waals surface area (Å²) in [6, 6.07) is 6.80. The molecule has 0 spiro atoms. The van der Waals surface area contributed by atoms with Gasteiger partial charge in [-0.05, 0) is 0 Å². The predicted molar refractivity (Wildman–Crippen MR) is 59.0 cm³/mol. The van der Waals surface area contributed by atoms with Gasteiger partial charge in [0.2, 0.25) is 0 Å². The fraction of sp³-hybridized carbons (Fsp3) is 0.455. The maximum absolute atomic E-state index is 13.0. The van der Waals surface area contributed by atoms with Crippen molar-refractivity contribution in [3.05, 3.63) is 29.8 Å². The molecule has 3 heteroatoms. The first-order valence-electron chi connectivity index (χ1n) is 4.70. The van der Waals surface area contributed by atoms with Crippen LogP contribution in [0.2, 0.25) is 19.6 Å². The van der Waals surface area contributed by atoms with Crippen LogP contribution >= 0.6 is 0 Å². The Kier molecular flexibility index (Phi) is 2.81. The maximum Gasteiger partial charge on any atom is 0.270 e. The Morgan fingerprint density at radius 1 is 1.14 bits per heavy atom. The molecular formula is C11H16F2Si. The molecule has 0 aliphatic rings. The third-order valence-electron chi connectivity index (χ3n) is 2.24. The van der Waals surface area contributed by atoms with Crippen LogP contribution in [0.25, 0.3) is 0 Å². The molecule has 0 aliphatic carbocycles. The fourth-order valence-electron chi connectivity index (χ4n) is 1.26. The minimum atomic E-state index is -2.73. The summed E-state index contributed by atoms with van der Waals surface area (Å²) in [6.45, 7) is 7.40. The quantitative estimate of drug-likeness (QED) is 0.662. The second-order valence-electron chi connectivity index (χ2n) is 4.72. The average molecular weight is 214 g/mol. The van der Waals surface area contributed by atoms with Gasteiger partial charge in [0.25, 0.3) is 5.92 Å². The summed E-state index contributed by atoms with van der Waals surface area (Å²) in [5.41, 5.74) is 0.123. The van der Waals surface area contributed by atoms with Crippen molar-refractivity contribution in [3.8, 4) is 0 Å². The van der Waals surface area contributed by atoms with Crippen LogP contribution in [0.15, 0.2) is 24.3 Å². The Hall–Kier alpha value is -0.703. The standard InChI is InChI=1S/C11H16F2Si/c1-11(12,13)9-6-5-7-10(8-9)14(2,3)4/h5-8H,1-4H3. The molecule has 0 fully saturated rings. The van der Waals surface area contributed by atoms with Crippen molar-refractivity contribution in [1.29, 1.82) is 0 Å². The zero-order valence-corrected chi connectivity index (χ0v) is 10.1. The molecule has 0 bridgehead atoms. The first kappa shape index (κ1) is 11.4. The third-order valence-corrected chi connectivity index (χ3v) is 4.28. The highest BCUT2D eigenvalue weighted by molar-refractivity contribution is 6.88. The minimum Gasteiger partial charge on any atom is -0.202 e. The van der Waals surface area contributed by atoms with Gasteiger partial charge < -0.3 is 0 Å². The molecule has 0 aliphatic heterocycles. The Bertz CT molecular complexity index is 292. The molecule has 0 amide bonds. The summed E-state index contributed by atoms with van der Waals surface area (Å²) in [5.74, 6) is -2.73. The SMILES string of the molecule is CC(F)(F)c1cccc([Si](C)(C)C)c1. The lowest BCUT2D eigenvalue weighted by molar-refractivity contribution is 0.0175. The minimum absolute atomic E-state index is 0.123. The summed E-state index contributed by atoms with van der Waals surface area (Å²) in [5, 5.41) is 1.08. The highest BCUT2D eigenvalue weighted by atomic mass is 28.3. The van der Waals surface area contributed by atoms with E-state index in [4.69, 9.17) is 0 Å². The highest BCUT2D eigenvalue weighted by Crippen LogP contribution is 2.26. The number of benzene rings is 1. The lowest BCUT2D eigenvalue weighted by Gasteiger charge is -2.19. The van der Waals surface area contributed by atoms with E-state index in [1.165, 1.54) is 6.07 Å². The van der Waals surface area contributed by atoms with Gasteiger partial charge in [-0.25, -0.2) is 8.78 Å². The van der Waals surface area contributed by atoms with Gasteiger partial charge in [-0.15, -0.1) is 0 Å². The van der Waals surface area contributed by atoms with Crippen molar-refractivity contribution in [2.75, 3.05) is 0 Å². The van der Waals surface area contributed by atoms with Gasteiger partial charge in [0.1, 0.15) is 0 Å². The van der Waals surface area contributed by atoms with Crippen LogP contribution in [0.5, 0.6) is 0 Å². The molecule has 0 unspecified atom stereocenters. The molecule has 0 saturated heterocycles. The Balaban J connectivity index is 3.15. The molecule has 1 aromatic carbocycles. The summed E-state index contributed by atoms with van der Waals surface area (Å²) in [4.78, 5) is 0. The molecular weight excluding hydrogens is 198 g/mol. The summed E-state index contributed by atoms with van der Waals surface area (Å²) in [6.07, 6.45) is 0. The average Bonchev–Trinajstić information content (AvgIpc) is 2.01. The fourth-order valence-corrected chi connectivity index (χ4v) is 2.44. The lowest BCUT2D eigenvalue weighted by Crippen LogP contribution is -2.38. The zero-order valence-electron chi connectivity index (χ0n) is 9.07. The predicted octanol–water partition coefficient (Wildman–Crippen LogP) is 3.34. The van der Waals surface area contributed by atoms with Crippen LogP contribution in [-0.4, -0.2) is 8.07 Å². The molecule has 0 nitrogen and oxygen atoms in total. The molecule has 1 rings (SSSR count). The topological polar surface area (TPSA) is 0 Å². The van der Waals surface area contributed by atoms with E-state index in [1.54, 1.807) is 12.1 Å². The van der Waals surface area contributed by atoms with Crippen molar-refractivity contribution in [2.24, 2.45) is 0 Å². The second kappa shape index (κ2) is 3.46. The molecule has 0 radical (unpaired) electrons. The van der Waals surface area contributed by atoms with Crippen LogP contribution in [0.1, 0.15) is 12.5 Å². The van der Waals surface area contributed by atoms with Gasteiger partial charge in [0.15, 0.2) is 0 Å². The van der Waals surface area contributed by atoms with Crippen molar-refractivity contribution < 1.29 is 8.78 Å². The van der Waals surface area contributed by atoms with E-state index in [0.717, 1.165) is 12.1 Å². The summed E-state index contributed by atoms with van der Waals surface area (Å²) >= 11 is 0. The zero-order chi connectivity index (χ0) is 11.0. The molecule has 0 saturated carbocycles. The molecule has 78 valence electrons. The monoisotopic (exact) mass is 214 g/mol. The van der Waals surface area contributed by atoms with Crippen molar-refractivity contribution >= 4 is 13.3 Å². The van der Waals surface area contributed by atoms with Crippen LogP contribution in [0.4, 0.5) is 8.78 Å². The molecule has 0 aromatic heterocycles. The number of hydrogen-bond donors (Lipinski definition) is 0. The van der Waals surface area contributed by atoms with Crippen LogP contribution in [0.3, 0.4) is 0 Å². The number of halogens is 2. The van der Waals surface area contributed by atoms with Gasteiger partial charge in [-0.3, -0.25) is 0 Å². The highest BCUT2D eigenvalue weighted by Gasteiger charge is 2.26. The van der Waals surface area contributed by atoms with Crippen LogP contribution < -0.4 is 5.19 Å². The molecule has 1 aromatic rings. The molecule has 0 atom stereocenters. The van der Waals surface area contributed by atoms with E-state index in [-0.39, 0.29) is 5.56 Å². The Morgan fingerprint density at radius 3 is 2.14 bits per heavy atom. The summed E-state index contributed by atoms with van der Waals surface area (Å²) < 4.78 is 26.1. The van der Waals surface area contributed by atoms with Crippen molar-refractivity contribution in [2.45, 2.75) is 32.5 Å². The van der Waals surface area contributed by atoms with Gasteiger partial charge >= 0.3 is 0 Å². The number of rotatable bonds is 2. The Labute approximate surface area is 85.0 Å². The van der Waals surface area contributed by atoms with E-state index in [2.05, 4.69) is 19.6 Å². The van der Waals surface area contributed by atoms with Gasteiger partial charge in [-0.2, -0.15) is 0 Å². The van der Waals surface area contributed by atoms with E-state index >= 15 is 0 Å². The molecule has 14 heavy (non-hydrogen) atoms.